The summed E-state index contributed by atoms with van der Waals surface area (Å²) in [5.41, 5.74) is 2.46. The van der Waals surface area contributed by atoms with E-state index in [1.807, 2.05) is 47.5 Å². The van der Waals surface area contributed by atoms with Crippen molar-refractivity contribution in [1.82, 2.24) is 19.9 Å². The second-order valence-corrected chi connectivity index (χ2v) is 7.64. The second kappa shape index (κ2) is 9.66. The average Bonchev–Trinajstić information content (AvgIpc) is 3.33. The molecule has 0 aliphatic carbocycles. The molecule has 1 fully saturated rings. The maximum Gasteiger partial charge on any atom is 0.256 e. The first-order chi connectivity index (χ1) is 16.2. The fraction of sp³-hybridized carbons (Fsp3) is 0.250. The first-order valence-electron chi connectivity index (χ1n) is 10.9. The Morgan fingerprint density at radius 1 is 1.12 bits per heavy atom. The van der Waals surface area contributed by atoms with Gasteiger partial charge in [0.15, 0.2) is 0 Å². The van der Waals surface area contributed by atoms with Crippen LogP contribution in [0.15, 0.2) is 60.9 Å². The number of hydrogen-bond acceptors (Lipinski definition) is 7. The molecule has 5 rings (SSSR count). The molecule has 1 aliphatic heterocycles. The number of nitrogens with one attached hydrogen (secondary N) is 2. The molecule has 0 saturated carbocycles. The van der Waals surface area contributed by atoms with E-state index in [9.17, 15) is 4.79 Å². The fourth-order valence-corrected chi connectivity index (χ4v) is 3.64. The lowest BCUT2D eigenvalue weighted by Gasteiger charge is -2.27. The van der Waals surface area contributed by atoms with E-state index in [2.05, 4.69) is 25.3 Å². The van der Waals surface area contributed by atoms with E-state index in [1.165, 1.54) is 0 Å². The zero-order valence-corrected chi connectivity index (χ0v) is 18.0. The van der Waals surface area contributed by atoms with Gasteiger partial charge in [0, 0.05) is 60.1 Å². The number of morpholine rings is 1. The molecule has 0 bridgehead atoms. The van der Waals surface area contributed by atoms with E-state index < -0.39 is 0 Å². The van der Waals surface area contributed by atoms with E-state index in [0.717, 1.165) is 16.6 Å². The third-order valence-electron chi connectivity index (χ3n) is 5.38. The number of fused-ring (bicyclic) bond motifs is 1. The summed E-state index contributed by atoms with van der Waals surface area (Å²) in [6, 6.07) is 14.9. The van der Waals surface area contributed by atoms with Crippen molar-refractivity contribution in [2.24, 2.45) is 0 Å². The third-order valence-corrected chi connectivity index (χ3v) is 5.38. The topological polar surface area (TPSA) is 105 Å². The summed E-state index contributed by atoms with van der Waals surface area (Å²) < 4.78 is 11.4. The maximum atomic E-state index is 12.9. The van der Waals surface area contributed by atoms with Crippen LogP contribution in [0.2, 0.25) is 0 Å². The van der Waals surface area contributed by atoms with Gasteiger partial charge in [0.25, 0.3) is 5.91 Å². The van der Waals surface area contributed by atoms with Crippen molar-refractivity contribution in [3.8, 4) is 5.88 Å². The highest BCUT2D eigenvalue weighted by Crippen LogP contribution is 2.22. The number of hydrogen-bond donors (Lipinski definition) is 2. The number of amides is 1. The van der Waals surface area contributed by atoms with Crippen molar-refractivity contribution in [2.75, 3.05) is 43.1 Å². The number of pyridine rings is 1. The second-order valence-electron chi connectivity index (χ2n) is 7.64. The van der Waals surface area contributed by atoms with E-state index in [-0.39, 0.29) is 5.91 Å². The number of carbonyl (C=O) groups excluding carboxylic acids is 1. The van der Waals surface area contributed by atoms with Gasteiger partial charge in [-0.2, -0.15) is 9.97 Å². The largest absolute Gasteiger partial charge is 0.477 e. The van der Waals surface area contributed by atoms with Crippen LogP contribution in [0.25, 0.3) is 10.9 Å². The van der Waals surface area contributed by atoms with Crippen LogP contribution in [0.3, 0.4) is 0 Å². The third kappa shape index (κ3) is 5.09. The molecule has 1 saturated heterocycles. The SMILES string of the molecule is O=C(Nc1cc(OCCc2ccccn2)nc(N2CCOCC2)n1)c1ccc2[nH]ccc2c1. The quantitative estimate of drug-likeness (QED) is 0.451. The van der Waals surface area contributed by atoms with Gasteiger partial charge in [0.2, 0.25) is 11.8 Å². The molecule has 4 heterocycles. The van der Waals surface area contributed by atoms with Gasteiger partial charge in [0.1, 0.15) is 5.82 Å². The number of H-pyrrole nitrogens is 1. The van der Waals surface area contributed by atoms with Crippen LogP contribution in [0.1, 0.15) is 16.1 Å². The molecule has 168 valence electrons. The molecule has 0 spiro atoms. The first-order valence-corrected chi connectivity index (χ1v) is 10.9. The predicted molar refractivity (Wildman–Crippen MR) is 125 cm³/mol. The van der Waals surface area contributed by atoms with Gasteiger partial charge in [-0.15, -0.1) is 0 Å². The molecule has 4 aromatic rings. The van der Waals surface area contributed by atoms with Gasteiger partial charge in [-0.25, -0.2) is 0 Å². The number of aromatic amines is 1. The zero-order valence-electron chi connectivity index (χ0n) is 18.0. The Labute approximate surface area is 190 Å². The molecule has 3 aromatic heterocycles. The van der Waals surface area contributed by atoms with Crippen molar-refractivity contribution in [1.29, 1.82) is 0 Å². The number of anilines is 2. The van der Waals surface area contributed by atoms with Crippen molar-refractivity contribution in [2.45, 2.75) is 6.42 Å². The maximum absolute atomic E-state index is 12.9. The normalized spacial score (nSPS) is 13.8. The Balaban J connectivity index is 1.35. The minimum absolute atomic E-state index is 0.246. The molecule has 2 N–H and O–H groups in total. The van der Waals surface area contributed by atoms with Gasteiger partial charge in [0.05, 0.1) is 19.8 Å². The zero-order chi connectivity index (χ0) is 22.5. The fourth-order valence-electron chi connectivity index (χ4n) is 3.64. The van der Waals surface area contributed by atoms with Crippen LogP contribution >= 0.6 is 0 Å². The molecule has 0 radical (unpaired) electrons. The lowest BCUT2D eigenvalue weighted by molar-refractivity contribution is 0.102. The number of rotatable bonds is 7. The predicted octanol–water partition coefficient (Wildman–Crippen LogP) is 3.06. The van der Waals surface area contributed by atoms with E-state index in [1.54, 1.807) is 18.3 Å². The van der Waals surface area contributed by atoms with Gasteiger partial charge in [-0.1, -0.05) is 6.07 Å². The van der Waals surface area contributed by atoms with Gasteiger partial charge >= 0.3 is 0 Å². The van der Waals surface area contributed by atoms with Gasteiger partial charge in [-0.05, 0) is 36.4 Å². The van der Waals surface area contributed by atoms with Crippen LogP contribution in [-0.4, -0.2) is 58.8 Å². The summed E-state index contributed by atoms with van der Waals surface area (Å²) >= 11 is 0. The minimum Gasteiger partial charge on any atom is -0.477 e. The average molecular weight is 444 g/mol. The van der Waals surface area contributed by atoms with Crippen LogP contribution in [0.4, 0.5) is 11.8 Å². The Kier molecular flexibility index (Phi) is 6.12. The number of ether oxygens (including phenoxy) is 2. The molecule has 1 aliphatic rings. The highest BCUT2D eigenvalue weighted by atomic mass is 16.5. The van der Waals surface area contributed by atoms with Gasteiger partial charge < -0.3 is 24.7 Å². The summed E-state index contributed by atoms with van der Waals surface area (Å²) in [4.78, 5) is 31.5. The summed E-state index contributed by atoms with van der Waals surface area (Å²) in [6.45, 7) is 2.97. The minimum atomic E-state index is -0.246. The number of aromatic nitrogens is 4. The lowest BCUT2D eigenvalue weighted by atomic mass is 10.1. The standard InChI is InChI=1S/C24H24N6O3/c31-23(18-4-5-20-17(15-18)6-9-26-20)27-21-16-22(33-12-7-19-3-1-2-8-25-19)29-24(28-21)30-10-13-32-14-11-30/h1-6,8-9,15-16,26H,7,10-14H2,(H,27,28,29,31). The summed E-state index contributed by atoms with van der Waals surface area (Å²) in [7, 11) is 0. The van der Waals surface area contributed by atoms with E-state index in [4.69, 9.17) is 9.47 Å². The number of benzene rings is 1. The monoisotopic (exact) mass is 444 g/mol. The molecule has 9 nitrogen and oxygen atoms in total. The lowest BCUT2D eigenvalue weighted by Crippen LogP contribution is -2.37. The van der Waals surface area contributed by atoms with E-state index >= 15 is 0 Å². The molecule has 1 aromatic carbocycles. The van der Waals surface area contributed by atoms with Crippen molar-refractivity contribution in [3.05, 3.63) is 72.2 Å². The molecule has 33 heavy (non-hydrogen) atoms. The Bertz CT molecular complexity index is 1240. The van der Waals surface area contributed by atoms with Crippen molar-refractivity contribution < 1.29 is 14.3 Å². The summed E-state index contributed by atoms with van der Waals surface area (Å²) in [6.07, 6.45) is 4.26. The Morgan fingerprint density at radius 2 is 2.03 bits per heavy atom. The Hall–Kier alpha value is -3.98. The molecule has 9 heteroatoms. The highest BCUT2D eigenvalue weighted by molar-refractivity contribution is 6.05. The molecule has 0 unspecified atom stereocenters. The smallest absolute Gasteiger partial charge is 0.256 e. The van der Waals surface area contributed by atoms with Crippen LogP contribution < -0.4 is 15.0 Å². The first kappa shape index (κ1) is 20.9. The van der Waals surface area contributed by atoms with Crippen molar-refractivity contribution >= 4 is 28.6 Å². The molecular weight excluding hydrogens is 420 g/mol. The van der Waals surface area contributed by atoms with Crippen molar-refractivity contribution in [3.63, 3.8) is 0 Å². The highest BCUT2D eigenvalue weighted by Gasteiger charge is 2.18. The molecular formula is C24H24N6O3. The van der Waals surface area contributed by atoms with Crippen LogP contribution in [0.5, 0.6) is 5.88 Å². The molecule has 1 amide bonds. The Morgan fingerprint density at radius 3 is 2.88 bits per heavy atom. The molecule has 0 atom stereocenters. The number of nitrogens with zero attached hydrogens (tertiary/aromatic N) is 4. The summed E-state index contributed by atoms with van der Waals surface area (Å²) in [5.74, 6) is 1.05. The number of carbonyl (C=O) groups is 1. The van der Waals surface area contributed by atoms with E-state index in [0.29, 0.717) is 62.5 Å². The van der Waals surface area contributed by atoms with Gasteiger partial charge in [-0.3, -0.25) is 9.78 Å². The van der Waals surface area contributed by atoms with Crippen LogP contribution in [0, 0.1) is 0 Å². The van der Waals surface area contributed by atoms with Crippen LogP contribution in [-0.2, 0) is 11.2 Å². The summed E-state index contributed by atoms with van der Waals surface area (Å²) in [5, 5.41) is 3.86.